The van der Waals surface area contributed by atoms with Gasteiger partial charge in [-0.2, -0.15) is 8.78 Å². The van der Waals surface area contributed by atoms with E-state index >= 15 is 0 Å². The van der Waals surface area contributed by atoms with Crippen molar-refractivity contribution < 1.29 is 13.2 Å². The topological polar surface area (TPSA) is 73.8 Å². The molecule has 0 unspecified atom stereocenters. The van der Waals surface area contributed by atoms with Crippen LogP contribution in [0.3, 0.4) is 0 Å². The summed E-state index contributed by atoms with van der Waals surface area (Å²) in [5.74, 6) is 4.83. The molecule has 0 N–H and O–H groups in total. The molecule has 0 saturated heterocycles. The van der Waals surface area contributed by atoms with E-state index in [1.54, 1.807) is 6.07 Å². The molecule has 126 valence electrons. The predicted octanol–water partition coefficient (Wildman–Crippen LogP) is 2.59. The van der Waals surface area contributed by atoms with Crippen LogP contribution < -0.4 is 5.56 Å². The molecular weight excluding hydrogens is 330 g/mol. The van der Waals surface area contributed by atoms with Crippen LogP contribution in [0.4, 0.5) is 8.78 Å². The van der Waals surface area contributed by atoms with Crippen molar-refractivity contribution in [2.24, 2.45) is 0 Å². The molecule has 25 heavy (non-hydrogen) atoms. The molecule has 0 bridgehead atoms. The van der Waals surface area contributed by atoms with E-state index in [1.165, 1.54) is 22.9 Å². The highest BCUT2D eigenvalue weighted by atomic mass is 19.3. The first-order valence-electron chi connectivity index (χ1n) is 7.28. The van der Waals surface area contributed by atoms with Gasteiger partial charge in [-0.05, 0) is 31.0 Å². The minimum atomic E-state index is -2.85. The van der Waals surface area contributed by atoms with Gasteiger partial charge in [0.05, 0.1) is 6.54 Å². The van der Waals surface area contributed by atoms with Crippen molar-refractivity contribution in [3.63, 3.8) is 0 Å². The molecule has 3 aromatic heterocycles. The van der Waals surface area contributed by atoms with Gasteiger partial charge in [-0.15, -0.1) is 10.2 Å². The molecule has 0 saturated carbocycles. The first kappa shape index (κ1) is 16.5. The van der Waals surface area contributed by atoms with Crippen molar-refractivity contribution >= 4 is 0 Å². The lowest BCUT2D eigenvalue weighted by Gasteiger charge is -2.01. The average molecular weight is 342 g/mol. The van der Waals surface area contributed by atoms with Crippen LogP contribution in [0.2, 0.25) is 0 Å². The number of aromatic nitrogens is 4. The molecular formula is C17H12F2N4O2. The molecule has 6 nitrogen and oxygen atoms in total. The molecule has 0 fully saturated rings. The van der Waals surface area contributed by atoms with Crippen molar-refractivity contribution in [2.75, 3.05) is 0 Å². The molecule has 0 aliphatic carbocycles. The maximum Gasteiger partial charge on any atom is 0.314 e. The molecule has 0 spiro atoms. The van der Waals surface area contributed by atoms with E-state index < -0.39 is 12.3 Å². The fourth-order valence-corrected chi connectivity index (χ4v) is 2.04. The number of hydrogen-bond acceptors (Lipinski definition) is 5. The maximum atomic E-state index is 12.5. The van der Waals surface area contributed by atoms with Crippen LogP contribution >= 0.6 is 0 Å². The summed E-state index contributed by atoms with van der Waals surface area (Å²) >= 11 is 0. The Balaban J connectivity index is 1.77. The smallest absolute Gasteiger partial charge is 0.314 e. The zero-order valence-corrected chi connectivity index (χ0v) is 13.1. The fraction of sp³-hybridized carbons (Fsp3) is 0.176. The van der Waals surface area contributed by atoms with Crippen LogP contribution in [0.1, 0.15) is 23.7 Å². The summed E-state index contributed by atoms with van der Waals surface area (Å²) in [6.45, 7) is 2.03. The van der Waals surface area contributed by atoms with E-state index in [2.05, 4.69) is 27.0 Å². The lowest BCUT2D eigenvalue weighted by Crippen LogP contribution is -2.17. The van der Waals surface area contributed by atoms with Gasteiger partial charge in [0.15, 0.2) is 0 Å². The standard InChI is InChI=1S/C17H12F2N4O2/c1-11-4-2-5-13(20-11)6-3-8-23-9-7-12(10-14(23)24)16-21-22-17(25-16)15(18)19/h2,4-5,7,9-10,15H,8H2,1H3. The summed E-state index contributed by atoms with van der Waals surface area (Å²) in [6, 6.07) is 8.25. The van der Waals surface area contributed by atoms with Crippen LogP contribution in [-0.2, 0) is 6.54 Å². The number of alkyl halides is 2. The Morgan fingerprint density at radius 2 is 2.12 bits per heavy atom. The minimum Gasteiger partial charge on any atom is -0.415 e. The lowest BCUT2D eigenvalue weighted by atomic mass is 10.2. The number of rotatable bonds is 3. The molecule has 0 aliphatic rings. The van der Waals surface area contributed by atoms with Crippen LogP contribution in [0.25, 0.3) is 11.5 Å². The normalized spacial score (nSPS) is 10.6. The Bertz CT molecular complexity index is 1010. The summed E-state index contributed by atoms with van der Waals surface area (Å²) in [4.78, 5) is 16.3. The summed E-state index contributed by atoms with van der Waals surface area (Å²) in [5.41, 5.74) is 1.39. The van der Waals surface area contributed by atoms with Crippen molar-refractivity contribution in [1.29, 1.82) is 0 Å². The maximum absolute atomic E-state index is 12.5. The Labute approximate surface area is 141 Å². The van der Waals surface area contributed by atoms with Gasteiger partial charge in [0.2, 0.25) is 5.89 Å². The first-order valence-corrected chi connectivity index (χ1v) is 7.28. The second-order valence-electron chi connectivity index (χ2n) is 5.09. The summed E-state index contributed by atoms with van der Waals surface area (Å²) in [6.07, 6.45) is -1.37. The molecule has 0 atom stereocenters. The van der Waals surface area contributed by atoms with Crippen LogP contribution in [0, 0.1) is 18.8 Å². The molecule has 0 aliphatic heterocycles. The van der Waals surface area contributed by atoms with Gasteiger partial charge in [-0.25, -0.2) is 4.98 Å². The summed E-state index contributed by atoms with van der Waals surface area (Å²) < 4.78 is 31.1. The van der Waals surface area contributed by atoms with E-state index in [0.717, 1.165) is 5.69 Å². The number of aryl methyl sites for hydroxylation is 1. The number of nitrogens with zero attached hydrogens (tertiary/aromatic N) is 4. The minimum absolute atomic E-state index is 0.130. The highest BCUT2D eigenvalue weighted by molar-refractivity contribution is 5.51. The molecule has 0 amide bonds. The number of hydrogen-bond donors (Lipinski definition) is 0. The van der Waals surface area contributed by atoms with Gasteiger partial charge in [-0.1, -0.05) is 12.0 Å². The van der Waals surface area contributed by atoms with Crippen molar-refractivity contribution in [3.05, 3.63) is 64.2 Å². The van der Waals surface area contributed by atoms with Crippen molar-refractivity contribution in [3.8, 4) is 23.3 Å². The Kier molecular flexibility index (Phi) is 4.66. The third-order valence-corrected chi connectivity index (χ3v) is 3.22. The Hall–Kier alpha value is -3.34. The summed E-state index contributed by atoms with van der Waals surface area (Å²) in [7, 11) is 0. The number of halogens is 2. The van der Waals surface area contributed by atoms with E-state index in [-0.39, 0.29) is 23.6 Å². The van der Waals surface area contributed by atoms with Gasteiger partial charge >= 0.3 is 6.43 Å². The van der Waals surface area contributed by atoms with Gasteiger partial charge in [-0.3, -0.25) is 4.79 Å². The lowest BCUT2D eigenvalue weighted by molar-refractivity contribution is 0.116. The molecule has 3 rings (SSSR count). The van der Waals surface area contributed by atoms with Crippen molar-refractivity contribution in [2.45, 2.75) is 19.9 Å². The quantitative estimate of drug-likeness (QED) is 0.684. The molecule has 0 aromatic carbocycles. The summed E-state index contributed by atoms with van der Waals surface area (Å²) in [5, 5.41) is 6.74. The van der Waals surface area contributed by atoms with Gasteiger partial charge in [0.25, 0.3) is 11.4 Å². The zero-order chi connectivity index (χ0) is 17.8. The highest BCUT2D eigenvalue weighted by Gasteiger charge is 2.17. The largest absolute Gasteiger partial charge is 0.415 e. The number of pyridine rings is 2. The average Bonchev–Trinajstić information content (AvgIpc) is 3.07. The highest BCUT2D eigenvalue weighted by Crippen LogP contribution is 2.21. The van der Waals surface area contributed by atoms with E-state index in [0.29, 0.717) is 5.69 Å². The molecule has 0 radical (unpaired) electrons. The molecule has 3 aromatic rings. The molecule has 8 heteroatoms. The van der Waals surface area contributed by atoms with E-state index in [1.807, 2.05) is 19.1 Å². The van der Waals surface area contributed by atoms with Crippen LogP contribution in [-0.4, -0.2) is 19.7 Å². The Morgan fingerprint density at radius 3 is 2.80 bits per heavy atom. The zero-order valence-electron chi connectivity index (χ0n) is 13.1. The van der Waals surface area contributed by atoms with Gasteiger partial charge < -0.3 is 8.98 Å². The fourth-order valence-electron chi connectivity index (χ4n) is 2.04. The van der Waals surface area contributed by atoms with Crippen molar-refractivity contribution in [1.82, 2.24) is 19.7 Å². The van der Waals surface area contributed by atoms with Gasteiger partial charge in [0.1, 0.15) is 5.69 Å². The molecule has 3 heterocycles. The SMILES string of the molecule is Cc1cccc(C#CCn2ccc(-c3nnc(C(F)F)o3)cc2=O)n1. The monoisotopic (exact) mass is 342 g/mol. The van der Waals surface area contributed by atoms with Crippen LogP contribution in [0.15, 0.2) is 45.7 Å². The van der Waals surface area contributed by atoms with E-state index in [9.17, 15) is 13.6 Å². The Morgan fingerprint density at radius 1 is 1.28 bits per heavy atom. The van der Waals surface area contributed by atoms with E-state index in [4.69, 9.17) is 4.42 Å². The second-order valence-corrected chi connectivity index (χ2v) is 5.09. The predicted molar refractivity (Wildman–Crippen MR) is 84.8 cm³/mol. The first-order chi connectivity index (χ1) is 12.0. The third kappa shape index (κ3) is 3.95. The van der Waals surface area contributed by atoms with Crippen LogP contribution in [0.5, 0.6) is 0 Å². The third-order valence-electron chi connectivity index (χ3n) is 3.22. The second kappa shape index (κ2) is 7.05. The van der Waals surface area contributed by atoms with Gasteiger partial charge in [0, 0.05) is 23.5 Å².